The van der Waals surface area contributed by atoms with Gasteiger partial charge in [-0.15, -0.1) is 0 Å². The number of nitrogens with one attached hydrogen (secondary N) is 1. The zero-order valence-corrected chi connectivity index (χ0v) is 14.7. The first-order valence-corrected chi connectivity index (χ1v) is 10.1. The SMILES string of the molecule is O=C(C(Cc1ccccc1)NC1CCCCC1)N1CCSCC1. The van der Waals surface area contributed by atoms with Gasteiger partial charge in [0.05, 0.1) is 6.04 Å². The second kappa shape index (κ2) is 8.74. The molecule has 1 saturated heterocycles. The number of amides is 1. The molecule has 1 amide bonds. The summed E-state index contributed by atoms with van der Waals surface area (Å²) in [6, 6.07) is 10.9. The highest BCUT2D eigenvalue weighted by atomic mass is 32.2. The van der Waals surface area contributed by atoms with Crippen molar-refractivity contribution in [1.82, 2.24) is 10.2 Å². The molecule has 1 aromatic rings. The van der Waals surface area contributed by atoms with Gasteiger partial charge in [0, 0.05) is 30.6 Å². The Kier molecular flexibility index (Phi) is 6.40. The Labute approximate surface area is 144 Å². The highest BCUT2D eigenvalue weighted by molar-refractivity contribution is 7.99. The lowest BCUT2D eigenvalue weighted by Gasteiger charge is -2.33. The van der Waals surface area contributed by atoms with Crippen LogP contribution in [0.2, 0.25) is 0 Å². The molecule has 1 heterocycles. The first-order chi connectivity index (χ1) is 11.3. The average molecular weight is 333 g/mol. The van der Waals surface area contributed by atoms with E-state index in [-0.39, 0.29) is 6.04 Å². The van der Waals surface area contributed by atoms with Crippen LogP contribution >= 0.6 is 11.8 Å². The molecule has 23 heavy (non-hydrogen) atoms. The van der Waals surface area contributed by atoms with Crippen LogP contribution in [0, 0.1) is 0 Å². The van der Waals surface area contributed by atoms with Gasteiger partial charge in [0.15, 0.2) is 0 Å². The zero-order chi connectivity index (χ0) is 15.9. The number of carbonyl (C=O) groups is 1. The van der Waals surface area contributed by atoms with Gasteiger partial charge in [-0.2, -0.15) is 11.8 Å². The minimum absolute atomic E-state index is 0.0661. The number of thioether (sulfide) groups is 1. The monoisotopic (exact) mass is 332 g/mol. The van der Waals surface area contributed by atoms with Crippen molar-refractivity contribution in [2.45, 2.75) is 50.6 Å². The highest BCUT2D eigenvalue weighted by Crippen LogP contribution is 2.19. The van der Waals surface area contributed by atoms with Crippen LogP contribution in [0.4, 0.5) is 0 Å². The van der Waals surface area contributed by atoms with Gasteiger partial charge in [-0.3, -0.25) is 4.79 Å². The van der Waals surface area contributed by atoms with Crippen LogP contribution in [0.15, 0.2) is 30.3 Å². The summed E-state index contributed by atoms with van der Waals surface area (Å²) < 4.78 is 0. The molecule has 4 heteroatoms. The van der Waals surface area contributed by atoms with Gasteiger partial charge in [0.25, 0.3) is 0 Å². The second-order valence-corrected chi connectivity index (χ2v) is 7.91. The van der Waals surface area contributed by atoms with Crippen LogP contribution in [0.1, 0.15) is 37.7 Å². The lowest BCUT2D eigenvalue weighted by Crippen LogP contribution is -2.53. The predicted octanol–water partition coefficient (Wildman–Crippen LogP) is 3.10. The summed E-state index contributed by atoms with van der Waals surface area (Å²) in [5.74, 6) is 2.46. The van der Waals surface area contributed by atoms with E-state index in [1.807, 2.05) is 17.8 Å². The van der Waals surface area contributed by atoms with Crippen LogP contribution in [-0.4, -0.2) is 47.5 Å². The molecule has 0 bridgehead atoms. The Morgan fingerprint density at radius 3 is 2.52 bits per heavy atom. The standard InChI is InChI=1S/C19H28N2OS/c22-19(21-11-13-23-14-12-21)18(15-16-7-3-1-4-8-16)20-17-9-5-2-6-10-17/h1,3-4,7-8,17-18,20H,2,5-6,9-15H2. The first-order valence-electron chi connectivity index (χ1n) is 8.99. The third-order valence-electron chi connectivity index (χ3n) is 4.95. The molecule has 1 unspecified atom stereocenters. The van der Waals surface area contributed by atoms with E-state index in [0.29, 0.717) is 11.9 Å². The van der Waals surface area contributed by atoms with Gasteiger partial charge in [0.2, 0.25) is 5.91 Å². The summed E-state index contributed by atoms with van der Waals surface area (Å²) in [4.78, 5) is 15.1. The van der Waals surface area contributed by atoms with Crippen molar-refractivity contribution >= 4 is 17.7 Å². The van der Waals surface area contributed by atoms with Crippen LogP contribution in [-0.2, 0) is 11.2 Å². The molecule has 3 rings (SSSR count). The van der Waals surface area contributed by atoms with Crippen molar-refractivity contribution in [3.05, 3.63) is 35.9 Å². The molecule has 1 N–H and O–H groups in total. The average Bonchev–Trinajstić information content (AvgIpc) is 2.63. The molecule has 1 aliphatic heterocycles. The molecular formula is C19H28N2OS. The molecular weight excluding hydrogens is 304 g/mol. The molecule has 1 aromatic carbocycles. The van der Waals surface area contributed by atoms with E-state index in [4.69, 9.17) is 0 Å². The zero-order valence-electron chi connectivity index (χ0n) is 13.9. The van der Waals surface area contributed by atoms with Gasteiger partial charge in [-0.25, -0.2) is 0 Å². The van der Waals surface area contributed by atoms with Gasteiger partial charge in [-0.1, -0.05) is 49.6 Å². The van der Waals surface area contributed by atoms with Gasteiger partial charge in [0.1, 0.15) is 0 Å². The Morgan fingerprint density at radius 1 is 1.13 bits per heavy atom. The molecule has 2 aliphatic rings. The summed E-state index contributed by atoms with van der Waals surface area (Å²) in [5.41, 5.74) is 1.25. The van der Waals surface area contributed by atoms with Crippen LogP contribution in [0.5, 0.6) is 0 Å². The predicted molar refractivity (Wildman–Crippen MR) is 97.8 cm³/mol. The Balaban J connectivity index is 1.67. The molecule has 1 aliphatic carbocycles. The number of benzene rings is 1. The largest absolute Gasteiger partial charge is 0.340 e. The minimum Gasteiger partial charge on any atom is -0.340 e. The first kappa shape index (κ1) is 16.8. The number of nitrogens with zero attached hydrogens (tertiary/aromatic N) is 1. The third-order valence-corrected chi connectivity index (χ3v) is 5.89. The molecule has 3 nitrogen and oxygen atoms in total. The van der Waals surface area contributed by atoms with Crippen molar-refractivity contribution in [2.24, 2.45) is 0 Å². The maximum atomic E-state index is 13.0. The smallest absolute Gasteiger partial charge is 0.240 e. The van der Waals surface area contributed by atoms with Gasteiger partial charge < -0.3 is 10.2 Å². The van der Waals surface area contributed by atoms with E-state index in [0.717, 1.165) is 31.0 Å². The topological polar surface area (TPSA) is 32.3 Å². The molecule has 126 valence electrons. The van der Waals surface area contributed by atoms with Crippen LogP contribution in [0.25, 0.3) is 0 Å². The number of hydrogen-bond donors (Lipinski definition) is 1. The number of carbonyl (C=O) groups excluding carboxylic acids is 1. The van der Waals surface area contributed by atoms with Crippen molar-refractivity contribution < 1.29 is 4.79 Å². The quantitative estimate of drug-likeness (QED) is 0.899. The number of rotatable bonds is 5. The van der Waals surface area contributed by atoms with Crippen LogP contribution < -0.4 is 5.32 Å². The normalized spacial score (nSPS) is 21.1. The lowest BCUT2D eigenvalue weighted by molar-refractivity contribution is -0.133. The molecule has 0 spiro atoms. The highest BCUT2D eigenvalue weighted by Gasteiger charge is 2.28. The summed E-state index contributed by atoms with van der Waals surface area (Å²) in [5, 5.41) is 3.70. The van der Waals surface area contributed by atoms with E-state index in [1.54, 1.807) is 0 Å². The van der Waals surface area contributed by atoms with Crippen molar-refractivity contribution in [3.63, 3.8) is 0 Å². The van der Waals surface area contributed by atoms with E-state index in [2.05, 4.69) is 34.5 Å². The minimum atomic E-state index is -0.0661. The Bertz CT molecular complexity index is 481. The van der Waals surface area contributed by atoms with E-state index in [9.17, 15) is 4.79 Å². The molecule has 1 saturated carbocycles. The molecule has 2 fully saturated rings. The second-order valence-electron chi connectivity index (χ2n) is 6.68. The van der Waals surface area contributed by atoms with Crippen molar-refractivity contribution in [1.29, 1.82) is 0 Å². The Hall–Kier alpha value is -1.00. The summed E-state index contributed by atoms with van der Waals surface area (Å²) in [6.07, 6.45) is 7.18. The van der Waals surface area contributed by atoms with E-state index < -0.39 is 0 Å². The maximum absolute atomic E-state index is 13.0. The molecule has 1 atom stereocenters. The fourth-order valence-corrected chi connectivity index (χ4v) is 4.53. The summed E-state index contributed by atoms with van der Waals surface area (Å²) in [7, 11) is 0. The van der Waals surface area contributed by atoms with E-state index >= 15 is 0 Å². The van der Waals surface area contributed by atoms with Crippen molar-refractivity contribution in [3.8, 4) is 0 Å². The fourth-order valence-electron chi connectivity index (χ4n) is 3.63. The maximum Gasteiger partial charge on any atom is 0.240 e. The molecule has 0 radical (unpaired) electrons. The summed E-state index contributed by atoms with van der Waals surface area (Å²) >= 11 is 1.95. The van der Waals surface area contributed by atoms with Gasteiger partial charge in [-0.05, 0) is 24.8 Å². The number of hydrogen-bond acceptors (Lipinski definition) is 3. The summed E-state index contributed by atoms with van der Waals surface area (Å²) in [6.45, 7) is 1.81. The van der Waals surface area contributed by atoms with Crippen LogP contribution in [0.3, 0.4) is 0 Å². The third kappa shape index (κ3) is 4.98. The van der Waals surface area contributed by atoms with E-state index in [1.165, 1.54) is 37.7 Å². The fraction of sp³-hybridized carbons (Fsp3) is 0.632. The van der Waals surface area contributed by atoms with Crippen molar-refractivity contribution in [2.75, 3.05) is 24.6 Å². The van der Waals surface area contributed by atoms with Gasteiger partial charge >= 0.3 is 0 Å². The lowest BCUT2D eigenvalue weighted by atomic mass is 9.93. The molecule has 0 aromatic heterocycles. The Morgan fingerprint density at radius 2 is 1.83 bits per heavy atom.